The minimum absolute atomic E-state index is 0.186. The summed E-state index contributed by atoms with van der Waals surface area (Å²) in [5.74, 6) is -0.998. The first-order chi connectivity index (χ1) is 7.34. The van der Waals surface area contributed by atoms with Crippen molar-refractivity contribution in [1.82, 2.24) is 4.72 Å². The second-order valence-electron chi connectivity index (χ2n) is 3.25. The third-order valence-corrected chi connectivity index (χ3v) is 3.51. The van der Waals surface area contributed by atoms with Crippen molar-refractivity contribution in [2.45, 2.75) is 17.9 Å². The fourth-order valence-corrected chi connectivity index (χ4v) is 2.45. The predicted molar refractivity (Wildman–Crippen MR) is 58.3 cm³/mol. The number of hydrogen-bond donors (Lipinski definition) is 2. The Hall–Kier alpha value is -0.690. The second kappa shape index (κ2) is 5.09. The Kier molecular flexibility index (Phi) is 4.26. The molecule has 1 atom stereocenters. The maximum absolute atomic E-state index is 13.4. The molecule has 0 bridgehead atoms. The van der Waals surface area contributed by atoms with Crippen molar-refractivity contribution in [3.8, 4) is 0 Å². The van der Waals surface area contributed by atoms with Gasteiger partial charge in [0.2, 0.25) is 10.0 Å². The highest BCUT2D eigenvalue weighted by Gasteiger charge is 2.20. The number of aliphatic hydroxyl groups excluding tert-OH is 1. The van der Waals surface area contributed by atoms with Crippen molar-refractivity contribution >= 4 is 21.6 Å². The van der Waals surface area contributed by atoms with Gasteiger partial charge in [0.05, 0.1) is 11.1 Å². The summed E-state index contributed by atoms with van der Waals surface area (Å²) in [7, 11) is -3.98. The summed E-state index contributed by atoms with van der Waals surface area (Å²) >= 11 is 5.47. The van der Waals surface area contributed by atoms with Crippen LogP contribution in [-0.4, -0.2) is 26.2 Å². The smallest absolute Gasteiger partial charge is 0.243 e. The van der Waals surface area contributed by atoms with E-state index in [0.29, 0.717) is 0 Å². The molecule has 0 saturated carbocycles. The van der Waals surface area contributed by atoms with E-state index in [1.54, 1.807) is 0 Å². The van der Waals surface area contributed by atoms with Gasteiger partial charge < -0.3 is 5.11 Å². The summed E-state index contributed by atoms with van der Waals surface area (Å²) in [6.07, 6.45) is -0.850. The Bertz CT molecular complexity index is 476. The molecule has 0 amide bonds. The van der Waals surface area contributed by atoms with Crippen molar-refractivity contribution in [3.05, 3.63) is 29.0 Å². The van der Waals surface area contributed by atoms with Gasteiger partial charge in [-0.15, -0.1) is 0 Å². The van der Waals surface area contributed by atoms with E-state index in [2.05, 4.69) is 4.72 Å². The Labute approximate surface area is 98.1 Å². The van der Waals surface area contributed by atoms with Crippen molar-refractivity contribution in [3.63, 3.8) is 0 Å². The molecule has 0 aliphatic carbocycles. The fourth-order valence-electron chi connectivity index (χ4n) is 1.000. The molecule has 0 heterocycles. The maximum atomic E-state index is 13.4. The van der Waals surface area contributed by atoms with Gasteiger partial charge in [0, 0.05) is 6.54 Å². The molecule has 1 aromatic rings. The molecule has 0 saturated heterocycles. The number of hydrogen-bond acceptors (Lipinski definition) is 3. The summed E-state index contributed by atoms with van der Waals surface area (Å²) in [5, 5.41) is 8.68. The molecule has 0 radical (unpaired) electrons. The van der Waals surface area contributed by atoms with Gasteiger partial charge in [0.1, 0.15) is 4.90 Å². The molecular weight excluding hydrogens is 257 g/mol. The molecule has 0 aromatic heterocycles. The van der Waals surface area contributed by atoms with Gasteiger partial charge in [-0.05, 0) is 19.1 Å². The van der Waals surface area contributed by atoms with Crippen LogP contribution in [-0.2, 0) is 10.0 Å². The lowest BCUT2D eigenvalue weighted by molar-refractivity contribution is 0.198. The number of benzene rings is 1. The molecular formula is C9H11ClFNO3S. The summed E-state index contributed by atoms with van der Waals surface area (Å²) in [5.41, 5.74) is 0. The average molecular weight is 268 g/mol. The van der Waals surface area contributed by atoms with Crippen LogP contribution in [0.2, 0.25) is 5.02 Å². The topological polar surface area (TPSA) is 66.4 Å². The number of halogens is 2. The van der Waals surface area contributed by atoms with Crippen molar-refractivity contribution in [2.24, 2.45) is 0 Å². The average Bonchev–Trinajstić information content (AvgIpc) is 2.19. The summed E-state index contributed by atoms with van der Waals surface area (Å²) in [6.45, 7) is 1.23. The molecule has 0 unspecified atom stereocenters. The molecule has 90 valence electrons. The normalized spacial score (nSPS) is 13.8. The van der Waals surface area contributed by atoms with Gasteiger partial charge in [-0.3, -0.25) is 0 Å². The molecule has 2 N–H and O–H groups in total. The van der Waals surface area contributed by atoms with Crippen LogP contribution >= 0.6 is 11.6 Å². The van der Waals surface area contributed by atoms with Crippen LogP contribution in [0.3, 0.4) is 0 Å². The van der Waals surface area contributed by atoms with Crippen LogP contribution < -0.4 is 4.72 Å². The van der Waals surface area contributed by atoms with E-state index >= 15 is 0 Å². The molecule has 0 fully saturated rings. The van der Waals surface area contributed by atoms with Crippen molar-refractivity contribution in [2.75, 3.05) is 6.54 Å². The van der Waals surface area contributed by atoms with Crippen LogP contribution in [0.1, 0.15) is 6.92 Å². The summed E-state index contributed by atoms with van der Waals surface area (Å²) in [4.78, 5) is -0.527. The molecule has 0 spiro atoms. The highest BCUT2D eigenvalue weighted by atomic mass is 35.5. The van der Waals surface area contributed by atoms with Crippen LogP contribution in [0.15, 0.2) is 23.1 Å². The lowest BCUT2D eigenvalue weighted by Crippen LogP contribution is -2.31. The molecule has 16 heavy (non-hydrogen) atoms. The number of aliphatic hydroxyl groups is 1. The third kappa shape index (κ3) is 3.15. The quantitative estimate of drug-likeness (QED) is 0.860. The van der Waals surface area contributed by atoms with E-state index in [9.17, 15) is 12.8 Å². The molecule has 0 aliphatic heterocycles. The van der Waals surface area contributed by atoms with E-state index in [0.717, 1.165) is 6.07 Å². The van der Waals surface area contributed by atoms with Gasteiger partial charge >= 0.3 is 0 Å². The van der Waals surface area contributed by atoms with E-state index in [4.69, 9.17) is 16.7 Å². The van der Waals surface area contributed by atoms with Crippen LogP contribution in [0.25, 0.3) is 0 Å². The zero-order valence-corrected chi connectivity index (χ0v) is 10.0. The monoisotopic (exact) mass is 267 g/mol. The SMILES string of the molecule is C[C@@H](O)CNS(=O)(=O)c1cccc(Cl)c1F. The third-order valence-electron chi connectivity index (χ3n) is 1.77. The van der Waals surface area contributed by atoms with Gasteiger partial charge in [0.15, 0.2) is 5.82 Å². The number of rotatable bonds is 4. The molecule has 1 rings (SSSR count). The summed E-state index contributed by atoms with van der Waals surface area (Å²) < 4.78 is 38.7. The van der Waals surface area contributed by atoms with Gasteiger partial charge in [-0.2, -0.15) is 0 Å². The van der Waals surface area contributed by atoms with Gasteiger partial charge in [-0.25, -0.2) is 17.5 Å². The van der Waals surface area contributed by atoms with E-state index < -0.39 is 26.8 Å². The van der Waals surface area contributed by atoms with Crippen LogP contribution in [0.5, 0.6) is 0 Å². The summed E-state index contributed by atoms with van der Waals surface area (Å²) in [6, 6.07) is 3.69. The molecule has 1 aromatic carbocycles. The molecule has 0 aliphatic rings. The van der Waals surface area contributed by atoms with Gasteiger partial charge in [0.25, 0.3) is 0 Å². The largest absolute Gasteiger partial charge is 0.392 e. The van der Waals surface area contributed by atoms with E-state index in [-0.39, 0.29) is 11.6 Å². The maximum Gasteiger partial charge on any atom is 0.243 e. The van der Waals surface area contributed by atoms with Gasteiger partial charge in [-0.1, -0.05) is 17.7 Å². The second-order valence-corrected chi connectivity index (χ2v) is 5.40. The Morgan fingerprint density at radius 3 is 2.75 bits per heavy atom. The first kappa shape index (κ1) is 13.4. The first-order valence-electron chi connectivity index (χ1n) is 4.46. The van der Waals surface area contributed by atoms with E-state index in [1.165, 1.54) is 19.1 Å². The van der Waals surface area contributed by atoms with E-state index in [1.807, 2.05) is 0 Å². The standard InChI is InChI=1S/C9H11ClFNO3S/c1-6(13)5-12-16(14,15)8-4-2-3-7(10)9(8)11/h2-4,6,12-13H,5H2,1H3/t6-/m1/s1. The fraction of sp³-hybridized carbons (Fsp3) is 0.333. The number of sulfonamides is 1. The molecule has 4 nitrogen and oxygen atoms in total. The Morgan fingerprint density at radius 1 is 1.56 bits per heavy atom. The zero-order valence-electron chi connectivity index (χ0n) is 8.44. The predicted octanol–water partition coefficient (Wildman–Crippen LogP) is 1.14. The molecule has 7 heteroatoms. The van der Waals surface area contributed by atoms with Crippen LogP contribution in [0, 0.1) is 5.82 Å². The Morgan fingerprint density at radius 2 is 2.19 bits per heavy atom. The number of nitrogens with one attached hydrogen (secondary N) is 1. The first-order valence-corrected chi connectivity index (χ1v) is 6.32. The van der Waals surface area contributed by atoms with Crippen LogP contribution in [0.4, 0.5) is 4.39 Å². The lowest BCUT2D eigenvalue weighted by atomic mass is 10.3. The minimum atomic E-state index is -3.98. The van der Waals surface area contributed by atoms with Crippen molar-refractivity contribution < 1.29 is 17.9 Å². The highest BCUT2D eigenvalue weighted by Crippen LogP contribution is 2.21. The lowest BCUT2D eigenvalue weighted by Gasteiger charge is -2.09. The Balaban J connectivity index is 3.03. The van der Waals surface area contributed by atoms with Crippen molar-refractivity contribution in [1.29, 1.82) is 0 Å². The highest BCUT2D eigenvalue weighted by molar-refractivity contribution is 7.89. The minimum Gasteiger partial charge on any atom is -0.392 e. The zero-order chi connectivity index (χ0) is 12.3.